The van der Waals surface area contributed by atoms with Crippen molar-refractivity contribution >= 4 is 29.9 Å². The molecule has 0 amide bonds. The van der Waals surface area contributed by atoms with E-state index < -0.39 is 0 Å². The zero-order chi connectivity index (χ0) is 15.3. The summed E-state index contributed by atoms with van der Waals surface area (Å²) < 4.78 is 16.0. The van der Waals surface area contributed by atoms with Crippen LogP contribution in [0, 0.1) is 0 Å². The molecule has 0 bridgehead atoms. The SMILES string of the molecule is CCOCCNC(=NC)NCCOc1ccc(OC)cc1.I. The monoisotopic (exact) mass is 423 g/mol. The second kappa shape index (κ2) is 13.4. The van der Waals surface area contributed by atoms with Crippen LogP contribution in [0.15, 0.2) is 29.3 Å². The Bertz CT molecular complexity index is 413. The number of hydrogen-bond acceptors (Lipinski definition) is 4. The van der Waals surface area contributed by atoms with Crippen LogP contribution in [0.2, 0.25) is 0 Å². The molecule has 0 saturated heterocycles. The number of aliphatic imine (C=N–C) groups is 1. The highest BCUT2D eigenvalue weighted by molar-refractivity contribution is 14.0. The lowest BCUT2D eigenvalue weighted by atomic mass is 10.3. The van der Waals surface area contributed by atoms with Crippen LogP contribution in [0.4, 0.5) is 0 Å². The summed E-state index contributed by atoms with van der Waals surface area (Å²) in [5.74, 6) is 2.38. The Morgan fingerprint density at radius 1 is 1.05 bits per heavy atom. The first kappa shape index (κ1) is 20.8. The number of nitrogens with zero attached hydrogens (tertiary/aromatic N) is 1. The highest BCUT2D eigenvalue weighted by Gasteiger charge is 1.98. The highest BCUT2D eigenvalue weighted by atomic mass is 127. The Labute approximate surface area is 149 Å². The van der Waals surface area contributed by atoms with E-state index >= 15 is 0 Å². The third kappa shape index (κ3) is 8.93. The molecule has 0 radical (unpaired) electrons. The molecule has 7 heteroatoms. The third-order valence-corrected chi connectivity index (χ3v) is 2.69. The molecule has 126 valence electrons. The maximum Gasteiger partial charge on any atom is 0.191 e. The van der Waals surface area contributed by atoms with Crippen molar-refractivity contribution in [3.05, 3.63) is 24.3 Å². The summed E-state index contributed by atoms with van der Waals surface area (Å²) in [5, 5.41) is 6.33. The molecule has 22 heavy (non-hydrogen) atoms. The molecule has 2 N–H and O–H groups in total. The van der Waals surface area contributed by atoms with Gasteiger partial charge in [-0.2, -0.15) is 0 Å². The Balaban J connectivity index is 0.00000441. The van der Waals surface area contributed by atoms with E-state index in [2.05, 4.69) is 15.6 Å². The molecular formula is C15H26IN3O3. The van der Waals surface area contributed by atoms with Crippen molar-refractivity contribution in [3.8, 4) is 11.5 Å². The molecule has 0 fully saturated rings. The first-order valence-corrected chi connectivity index (χ1v) is 7.09. The Hall–Kier alpha value is -1.22. The average molecular weight is 423 g/mol. The van der Waals surface area contributed by atoms with Gasteiger partial charge in [0.1, 0.15) is 18.1 Å². The smallest absolute Gasteiger partial charge is 0.191 e. The minimum Gasteiger partial charge on any atom is -0.497 e. The van der Waals surface area contributed by atoms with Crippen LogP contribution in [-0.2, 0) is 4.74 Å². The van der Waals surface area contributed by atoms with Crippen LogP contribution >= 0.6 is 24.0 Å². The van der Waals surface area contributed by atoms with Gasteiger partial charge in [0.05, 0.1) is 20.3 Å². The number of benzene rings is 1. The molecular weight excluding hydrogens is 397 g/mol. The van der Waals surface area contributed by atoms with E-state index in [9.17, 15) is 0 Å². The Morgan fingerprint density at radius 2 is 1.64 bits per heavy atom. The second-order valence-corrected chi connectivity index (χ2v) is 4.15. The molecule has 0 spiro atoms. The van der Waals surface area contributed by atoms with Crippen LogP contribution in [0.5, 0.6) is 11.5 Å². The van der Waals surface area contributed by atoms with E-state index in [1.54, 1.807) is 14.2 Å². The predicted molar refractivity (Wildman–Crippen MR) is 99.8 cm³/mol. The summed E-state index contributed by atoms with van der Waals surface area (Å²) in [4.78, 5) is 4.12. The fourth-order valence-corrected chi connectivity index (χ4v) is 1.62. The van der Waals surface area contributed by atoms with Crippen LogP contribution in [0.3, 0.4) is 0 Å². The summed E-state index contributed by atoms with van der Waals surface area (Å²) in [5.41, 5.74) is 0. The van der Waals surface area contributed by atoms with Gasteiger partial charge in [-0.1, -0.05) is 0 Å². The molecule has 0 aliphatic carbocycles. The topological polar surface area (TPSA) is 64.1 Å². The van der Waals surface area contributed by atoms with E-state index in [-0.39, 0.29) is 24.0 Å². The maximum atomic E-state index is 5.62. The summed E-state index contributed by atoms with van der Waals surface area (Å²) in [6.45, 7) is 5.32. The van der Waals surface area contributed by atoms with Gasteiger partial charge in [0.15, 0.2) is 5.96 Å². The summed E-state index contributed by atoms with van der Waals surface area (Å²) >= 11 is 0. The highest BCUT2D eigenvalue weighted by Crippen LogP contribution is 2.16. The van der Waals surface area contributed by atoms with Gasteiger partial charge in [0.25, 0.3) is 0 Å². The molecule has 1 rings (SSSR count). The minimum absolute atomic E-state index is 0. The normalized spacial score (nSPS) is 10.6. The van der Waals surface area contributed by atoms with Gasteiger partial charge in [-0.05, 0) is 31.2 Å². The summed E-state index contributed by atoms with van der Waals surface area (Å²) in [7, 11) is 3.38. The van der Waals surface area contributed by atoms with Crippen LogP contribution in [0.1, 0.15) is 6.92 Å². The minimum atomic E-state index is 0. The maximum absolute atomic E-state index is 5.62. The van der Waals surface area contributed by atoms with Gasteiger partial charge in [-0.25, -0.2) is 0 Å². The van der Waals surface area contributed by atoms with Crippen molar-refractivity contribution in [2.24, 2.45) is 4.99 Å². The van der Waals surface area contributed by atoms with Crippen molar-refractivity contribution in [1.29, 1.82) is 0 Å². The zero-order valence-corrected chi connectivity index (χ0v) is 15.8. The first-order chi connectivity index (χ1) is 10.3. The van der Waals surface area contributed by atoms with Gasteiger partial charge in [-0.3, -0.25) is 4.99 Å². The van der Waals surface area contributed by atoms with Gasteiger partial charge in [0, 0.05) is 20.2 Å². The summed E-state index contributed by atoms with van der Waals surface area (Å²) in [6, 6.07) is 7.51. The molecule has 6 nitrogen and oxygen atoms in total. The van der Waals surface area contributed by atoms with Gasteiger partial charge in [-0.15, -0.1) is 24.0 Å². The van der Waals surface area contributed by atoms with Crippen molar-refractivity contribution < 1.29 is 14.2 Å². The molecule has 0 saturated carbocycles. The quantitative estimate of drug-likeness (QED) is 0.275. The van der Waals surface area contributed by atoms with E-state index in [0.29, 0.717) is 19.8 Å². The largest absolute Gasteiger partial charge is 0.497 e. The van der Waals surface area contributed by atoms with Crippen LogP contribution < -0.4 is 20.1 Å². The van der Waals surface area contributed by atoms with Crippen molar-refractivity contribution in [2.75, 3.05) is 47.1 Å². The standard InChI is InChI=1S/C15H25N3O3.HI/c1-4-20-11-9-17-15(16-2)18-10-12-21-14-7-5-13(19-3)6-8-14;/h5-8H,4,9-12H2,1-3H3,(H2,16,17,18);1H. The fraction of sp³-hybridized carbons (Fsp3) is 0.533. The lowest BCUT2D eigenvalue weighted by Gasteiger charge is -2.12. The van der Waals surface area contributed by atoms with Crippen LogP contribution in [0.25, 0.3) is 0 Å². The molecule has 0 atom stereocenters. The van der Waals surface area contributed by atoms with Gasteiger partial charge >= 0.3 is 0 Å². The number of nitrogens with one attached hydrogen (secondary N) is 2. The molecule has 0 unspecified atom stereocenters. The van der Waals surface area contributed by atoms with Crippen LogP contribution in [-0.4, -0.2) is 53.0 Å². The Morgan fingerprint density at radius 3 is 2.18 bits per heavy atom. The number of hydrogen-bond donors (Lipinski definition) is 2. The molecule has 0 aromatic heterocycles. The predicted octanol–water partition coefficient (Wildman–Crippen LogP) is 1.89. The number of halogens is 1. The Kier molecular flexibility index (Phi) is 12.7. The van der Waals surface area contributed by atoms with Crippen molar-refractivity contribution in [2.45, 2.75) is 6.92 Å². The van der Waals surface area contributed by atoms with Crippen molar-refractivity contribution in [3.63, 3.8) is 0 Å². The molecule has 1 aromatic carbocycles. The third-order valence-electron chi connectivity index (χ3n) is 2.69. The zero-order valence-electron chi connectivity index (χ0n) is 13.4. The number of methoxy groups -OCH3 is 1. The van der Waals surface area contributed by atoms with Crippen molar-refractivity contribution in [1.82, 2.24) is 10.6 Å². The lowest BCUT2D eigenvalue weighted by molar-refractivity contribution is 0.152. The lowest BCUT2D eigenvalue weighted by Crippen LogP contribution is -2.40. The van der Waals surface area contributed by atoms with E-state index in [1.807, 2.05) is 31.2 Å². The van der Waals surface area contributed by atoms with E-state index in [0.717, 1.165) is 30.6 Å². The number of rotatable bonds is 9. The molecule has 0 aliphatic heterocycles. The van der Waals surface area contributed by atoms with Gasteiger partial charge in [0.2, 0.25) is 0 Å². The summed E-state index contributed by atoms with van der Waals surface area (Å²) in [6.07, 6.45) is 0. The average Bonchev–Trinajstić information content (AvgIpc) is 2.54. The first-order valence-electron chi connectivity index (χ1n) is 7.09. The van der Waals surface area contributed by atoms with E-state index in [1.165, 1.54) is 0 Å². The van der Waals surface area contributed by atoms with E-state index in [4.69, 9.17) is 14.2 Å². The van der Waals surface area contributed by atoms with Gasteiger partial charge < -0.3 is 24.8 Å². The molecule has 0 aliphatic rings. The number of guanidine groups is 1. The molecule has 0 heterocycles. The number of ether oxygens (including phenoxy) is 3. The second-order valence-electron chi connectivity index (χ2n) is 4.15. The molecule has 1 aromatic rings. The fourth-order valence-electron chi connectivity index (χ4n) is 1.62.